The van der Waals surface area contributed by atoms with Crippen LogP contribution in [-0.4, -0.2) is 41.8 Å². The van der Waals surface area contributed by atoms with E-state index in [1.165, 1.54) is 0 Å². The first-order valence-corrected chi connectivity index (χ1v) is 11.3. The van der Waals surface area contributed by atoms with Crippen molar-refractivity contribution in [2.45, 2.75) is 91.3 Å². The standard InChI is InChI=1S/C24H36N4O3/c1-22(2,3)14-27-18-9-8-17(25-19(18)26(7)20(27)29)15-12-16-10-11-24(13-15,23(4,5)6)28(16)21(30)31/h8-9,15-16H,10-14H2,1-7H3,(H,30,31). The number of nitrogens with zero attached hydrogens (tertiary/aromatic N) is 4. The van der Waals surface area contributed by atoms with Crippen LogP contribution in [0.5, 0.6) is 0 Å². The van der Waals surface area contributed by atoms with Crippen molar-refractivity contribution in [3.05, 3.63) is 28.3 Å². The van der Waals surface area contributed by atoms with Gasteiger partial charge in [0, 0.05) is 31.2 Å². The number of carboxylic acid groups (broad SMARTS) is 1. The van der Waals surface area contributed by atoms with Gasteiger partial charge in [-0.2, -0.15) is 0 Å². The first-order valence-electron chi connectivity index (χ1n) is 11.3. The van der Waals surface area contributed by atoms with Crippen molar-refractivity contribution < 1.29 is 9.90 Å². The molecule has 3 atom stereocenters. The molecule has 170 valence electrons. The summed E-state index contributed by atoms with van der Waals surface area (Å²) >= 11 is 0. The third-order valence-corrected chi connectivity index (χ3v) is 7.51. The molecule has 2 aromatic rings. The number of carbonyl (C=O) groups is 1. The van der Waals surface area contributed by atoms with E-state index in [4.69, 9.17) is 4.98 Å². The number of piperidine rings is 1. The molecule has 3 unspecified atom stereocenters. The van der Waals surface area contributed by atoms with Crippen molar-refractivity contribution >= 4 is 17.3 Å². The lowest BCUT2D eigenvalue weighted by molar-refractivity contribution is -0.0213. The number of hydrogen-bond donors (Lipinski definition) is 1. The summed E-state index contributed by atoms with van der Waals surface area (Å²) < 4.78 is 3.46. The van der Waals surface area contributed by atoms with Gasteiger partial charge in [0.1, 0.15) is 0 Å². The van der Waals surface area contributed by atoms with Crippen molar-refractivity contribution in [1.29, 1.82) is 0 Å². The van der Waals surface area contributed by atoms with Crippen molar-refractivity contribution in [3.8, 4) is 0 Å². The summed E-state index contributed by atoms with van der Waals surface area (Å²) in [7, 11) is 1.79. The second-order valence-electron chi connectivity index (χ2n) is 11.8. The topological polar surface area (TPSA) is 80.4 Å². The summed E-state index contributed by atoms with van der Waals surface area (Å²) in [6.07, 6.45) is 2.56. The van der Waals surface area contributed by atoms with E-state index in [2.05, 4.69) is 47.6 Å². The summed E-state index contributed by atoms with van der Waals surface area (Å²) in [5.74, 6) is 0.188. The SMILES string of the molecule is Cn1c(=O)n(CC(C)(C)C)c2ccc(C3CC4CCC(C(C)(C)C)(C3)N4C(=O)O)nc21. The monoisotopic (exact) mass is 428 g/mol. The lowest BCUT2D eigenvalue weighted by Gasteiger charge is -2.53. The Hall–Kier alpha value is -2.31. The predicted octanol–water partition coefficient (Wildman–Crippen LogP) is 4.59. The molecule has 31 heavy (non-hydrogen) atoms. The van der Waals surface area contributed by atoms with E-state index in [-0.39, 0.29) is 34.0 Å². The van der Waals surface area contributed by atoms with Gasteiger partial charge in [-0.1, -0.05) is 41.5 Å². The van der Waals surface area contributed by atoms with Crippen LogP contribution in [0.4, 0.5) is 4.79 Å². The van der Waals surface area contributed by atoms with Gasteiger partial charge in [0.2, 0.25) is 0 Å². The number of amides is 1. The molecule has 0 radical (unpaired) electrons. The van der Waals surface area contributed by atoms with Gasteiger partial charge in [0.25, 0.3) is 0 Å². The zero-order chi connectivity index (χ0) is 22.9. The third kappa shape index (κ3) is 3.37. The minimum absolute atomic E-state index is 0.0152. The van der Waals surface area contributed by atoms with Crippen LogP contribution >= 0.6 is 0 Å². The maximum absolute atomic E-state index is 12.9. The molecule has 1 N–H and O–H groups in total. The first-order chi connectivity index (χ1) is 14.2. The number of aromatic nitrogens is 3. The van der Waals surface area contributed by atoms with Crippen LogP contribution in [0.3, 0.4) is 0 Å². The van der Waals surface area contributed by atoms with Gasteiger partial charge in [0.05, 0.1) is 11.1 Å². The Morgan fingerprint density at radius 1 is 1.23 bits per heavy atom. The average Bonchev–Trinajstić information content (AvgIpc) is 3.03. The Kier molecular flexibility index (Phi) is 4.84. The molecule has 2 fully saturated rings. The smallest absolute Gasteiger partial charge is 0.408 e. The highest BCUT2D eigenvalue weighted by atomic mass is 16.4. The van der Waals surface area contributed by atoms with Crippen LogP contribution in [0.25, 0.3) is 11.2 Å². The van der Waals surface area contributed by atoms with Gasteiger partial charge in [-0.05, 0) is 48.6 Å². The maximum atomic E-state index is 12.9. The molecule has 2 aliphatic rings. The van der Waals surface area contributed by atoms with E-state index < -0.39 is 6.09 Å². The number of imidazole rings is 1. The van der Waals surface area contributed by atoms with Crippen molar-refractivity contribution in [3.63, 3.8) is 0 Å². The Bertz CT molecular complexity index is 1090. The molecule has 2 aliphatic heterocycles. The van der Waals surface area contributed by atoms with Gasteiger partial charge < -0.3 is 5.11 Å². The summed E-state index contributed by atoms with van der Waals surface area (Å²) in [5.41, 5.74) is 1.95. The molecular formula is C24H36N4O3. The van der Waals surface area contributed by atoms with Crippen LogP contribution in [0.15, 0.2) is 16.9 Å². The Labute approximate surface area is 184 Å². The molecule has 1 amide bonds. The zero-order valence-electron chi connectivity index (χ0n) is 19.9. The minimum atomic E-state index is -0.805. The number of aryl methyl sites for hydroxylation is 1. The molecule has 2 saturated heterocycles. The fourth-order valence-electron chi connectivity index (χ4n) is 6.00. The normalized spacial score (nSPS) is 26.6. The second-order valence-corrected chi connectivity index (χ2v) is 11.8. The van der Waals surface area contributed by atoms with Crippen LogP contribution in [0.1, 0.15) is 78.8 Å². The summed E-state index contributed by atoms with van der Waals surface area (Å²) in [4.78, 5) is 31.7. The molecular weight excluding hydrogens is 392 g/mol. The molecule has 0 aliphatic carbocycles. The average molecular weight is 429 g/mol. The fourth-order valence-corrected chi connectivity index (χ4v) is 6.00. The van der Waals surface area contributed by atoms with Gasteiger partial charge >= 0.3 is 11.8 Å². The van der Waals surface area contributed by atoms with Crippen LogP contribution in [0, 0.1) is 10.8 Å². The Balaban J connectivity index is 1.76. The van der Waals surface area contributed by atoms with E-state index in [0.717, 1.165) is 36.9 Å². The van der Waals surface area contributed by atoms with Crippen molar-refractivity contribution in [2.75, 3.05) is 0 Å². The zero-order valence-corrected chi connectivity index (χ0v) is 19.9. The summed E-state index contributed by atoms with van der Waals surface area (Å²) in [6.45, 7) is 13.5. The molecule has 0 aromatic carbocycles. The number of rotatable bonds is 2. The number of fused-ring (bicyclic) bond motifs is 3. The van der Waals surface area contributed by atoms with Gasteiger partial charge in [-0.3, -0.25) is 14.0 Å². The van der Waals surface area contributed by atoms with Crippen molar-refractivity contribution in [1.82, 2.24) is 19.0 Å². The first kappa shape index (κ1) is 21.9. The summed E-state index contributed by atoms with van der Waals surface area (Å²) in [5, 5.41) is 9.98. The summed E-state index contributed by atoms with van der Waals surface area (Å²) in [6, 6.07) is 4.11. The molecule has 4 rings (SSSR count). The van der Waals surface area contributed by atoms with E-state index in [1.807, 2.05) is 10.6 Å². The molecule has 2 bridgehead atoms. The molecule has 7 heteroatoms. The molecule has 7 nitrogen and oxygen atoms in total. The third-order valence-electron chi connectivity index (χ3n) is 7.51. The molecule has 0 spiro atoms. The van der Waals surface area contributed by atoms with E-state index in [1.54, 1.807) is 16.5 Å². The largest absolute Gasteiger partial charge is 0.465 e. The van der Waals surface area contributed by atoms with Gasteiger partial charge in [0.15, 0.2) is 5.65 Å². The Morgan fingerprint density at radius 2 is 1.90 bits per heavy atom. The van der Waals surface area contributed by atoms with Crippen LogP contribution < -0.4 is 5.69 Å². The number of pyridine rings is 1. The highest BCUT2D eigenvalue weighted by Gasteiger charge is 2.59. The van der Waals surface area contributed by atoms with Gasteiger partial charge in [-0.15, -0.1) is 0 Å². The molecule has 4 heterocycles. The minimum Gasteiger partial charge on any atom is -0.465 e. The predicted molar refractivity (Wildman–Crippen MR) is 121 cm³/mol. The maximum Gasteiger partial charge on any atom is 0.408 e. The lowest BCUT2D eigenvalue weighted by Crippen LogP contribution is -2.60. The van der Waals surface area contributed by atoms with Gasteiger partial charge in [-0.25, -0.2) is 14.6 Å². The quantitative estimate of drug-likeness (QED) is 0.759. The van der Waals surface area contributed by atoms with E-state index in [9.17, 15) is 14.7 Å². The molecule has 2 aromatic heterocycles. The van der Waals surface area contributed by atoms with Crippen LogP contribution in [0.2, 0.25) is 0 Å². The number of hydrogen-bond acceptors (Lipinski definition) is 3. The lowest BCUT2D eigenvalue weighted by atomic mass is 9.65. The second kappa shape index (κ2) is 6.84. The van der Waals surface area contributed by atoms with Crippen molar-refractivity contribution in [2.24, 2.45) is 17.9 Å². The van der Waals surface area contributed by atoms with E-state index in [0.29, 0.717) is 12.2 Å². The van der Waals surface area contributed by atoms with Crippen LogP contribution in [-0.2, 0) is 13.6 Å². The highest BCUT2D eigenvalue weighted by Crippen LogP contribution is 2.56. The van der Waals surface area contributed by atoms with E-state index >= 15 is 0 Å². The highest BCUT2D eigenvalue weighted by molar-refractivity contribution is 5.72. The Morgan fingerprint density at radius 3 is 2.48 bits per heavy atom. The molecule has 0 saturated carbocycles. The fraction of sp³-hybridized carbons (Fsp3) is 0.708.